The van der Waals surface area contributed by atoms with Crippen molar-refractivity contribution in [2.75, 3.05) is 31.1 Å². The van der Waals surface area contributed by atoms with Gasteiger partial charge in [-0.25, -0.2) is 0 Å². The standard InChI is InChI=1S/C16H21BrN4/c1-16(2,3)21-8-6-20(7-9-21)14-4-5-18-13-10-12(17)11-19-15(13)14/h4-5,10-11H,6-9H2,1-3H3. The molecule has 1 saturated heterocycles. The van der Waals surface area contributed by atoms with Crippen molar-refractivity contribution < 1.29 is 0 Å². The second-order valence-corrected chi connectivity index (χ2v) is 7.41. The molecule has 0 atom stereocenters. The highest BCUT2D eigenvalue weighted by Gasteiger charge is 2.26. The van der Waals surface area contributed by atoms with E-state index in [0.29, 0.717) is 0 Å². The van der Waals surface area contributed by atoms with Gasteiger partial charge in [0.1, 0.15) is 5.52 Å². The lowest BCUT2D eigenvalue weighted by Crippen LogP contribution is -2.53. The van der Waals surface area contributed by atoms with Gasteiger partial charge in [0, 0.05) is 48.6 Å². The van der Waals surface area contributed by atoms with E-state index in [1.807, 2.05) is 18.5 Å². The smallest absolute Gasteiger partial charge is 0.112 e. The zero-order valence-electron chi connectivity index (χ0n) is 12.8. The number of nitrogens with zero attached hydrogens (tertiary/aromatic N) is 4. The van der Waals surface area contributed by atoms with Gasteiger partial charge in [0.25, 0.3) is 0 Å². The molecule has 1 fully saturated rings. The molecule has 0 unspecified atom stereocenters. The van der Waals surface area contributed by atoms with Crippen molar-refractivity contribution in [1.82, 2.24) is 14.9 Å². The van der Waals surface area contributed by atoms with E-state index < -0.39 is 0 Å². The summed E-state index contributed by atoms with van der Waals surface area (Å²) in [5.74, 6) is 0. The van der Waals surface area contributed by atoms with Crippen LogP contribution in [0.25, 0.3) is 11.0 Å². The van der Waals surface area contributed by atoms with Gasteiger partial charge >= 0.3 is 0 Å². The Balaban J connectivity index is 1.86. The van der Waals surface area contributed by atoms with Crippen LogP contribution in [-0.2, 0) is 0 Å². The highest BCUT2D eigenvalue weighted by molar-refractivity contribution is 9.10. The van der Waals surface area contributed by atoms with E-state index in [2.05, 4.69) is 62.5 Å². The molecule has 0 amide bonds. The molecule has 0 saturated carbocycles. The Hall–Kier alpha value is -1.20. The SMILES string of the molecule is CC(C)(C)N1CCN(c2ccnc3cc(Br)cnc23)CC1. The molecule has 1 aliphatic heterocycles. The van der Waals surface area contributed by atoms with Crippen LogP contribution >= 0.6 is 15.9 Å². The maximum atomic E-state index is 4.56. The summed E-state index contributed by atoms with van der Waals surface area (Å²) in [7, 11) is 0. The number of aromatic nitrogens is 2. The number of pyridine rings is 2. The summed E-state index contributed by atoms with van der Waals surface area (Å²) in [4.78, 5) is 13.9. The first-order chi connectivity index (χ1) is 9.95. The Morgan fingerprint density at radius 3 is 2.48 bits per heavy atom. The van der Waals surface area contributed by atoms with E-state index in [9.17, 15) is 0 Å². The van der Waals surface area contributed by atoms with Gasteiger partial charge in [-0.3, -0.25) is 14.9 Å². The van der Waals surface area contributed by atoms with Gasteiger partial charge in [-0.1, -0.05) is 0 Å². The molecule has 21 heavy (non-hydrogen) atoms. The minimum atomic E-state index is 0.246. The third-order valence-electron chi connectivity index (χ3n) is 4.09. The molecule has 0 aromatic carbocycles. The maximum absolute atomic E-state index is 4.56. The van der Waals surface area contributed by atoms with Crippen LogP contribution in [0.3, 0.4) is 0 Å². The summed E-state index contributed by atoms with van der Waals surface area (Å²) in [5.41, 5.74) is 3.38. The first-order valence-corrected chi connectivity index (χ1v) is 8.15. The highest BCUT2D eigenvalue weighted by atomic mass is 79.9. The molecule has 112 valence electrons. The van der Waals surface area contributed by atoms with Gasteiger partial charge in [0.15, 0.2) is 0 Å². The van der Waals surface area contributed by atoms with Crippen LogP contribution in [0, 0.1) is 0 Å². The van der Waals surface area contributed by atoms with Crippen molar-refractivity contribution in [2.45, 2.75) is 26.3 Å². The molecular weight excluding hydrogens is 328 g/mol. The fourth-order valence-corrected chi connectivity index (χ4v) is 3.18. The van der Waals surface area contributed by atoms with E-state index in [-0.39, 0.29) is 5.54 Å². The van der Waals surface area contributed by atoms with E-state index in [0.717, 1.165) is 41.7 Å². The van der Waals surface area contributed by atoms with Crippen LogP contribution in [-0.4, -0.2) is 46.6 Å². The van der Waals surface area contributed by atoms with E-state index >= 15 is 0 Å². The molecular formula is C16H21BrN4. The Bertz CT molecular complexity index is 642. The molecule has 4 nitrogen and oxygen atoms in total. The first kappa shape index (κ1) is 14.7. The van der Waals surface area contributed by atoms with Crippen LogP contribution in [0.1, 0.15) is 20.8 Å². The normalized spacial score (nSPS) is 17.4. The van der Waals surface area contributed by atoms with Crippen molar-refractivity contribution >= 4 is 32.7 Å². The average molecular weight is 349 g/mol. The van der Waals surface area contributed by atoms with Gasteiger partial charge in [-0.05, 0) is 48.8 Å². The molecule has 1 aliphatic rings. The fraction of sp³-hybridized carbons (Fsp3) is 0.500. The third kappa shape index (κ3) is 3.04. The number of halogens is 1. The van der Waals surface area contributed by atoms with Crippen molar-refractivity contribution in [3.63, 3.8) is 0 Å². The second kappa shape index (κ2) is 5.54. The number of rotatable bonds is 1. The van der Waals surface area contributed by atoms with Crippen LogP contribution in [0.5, 0.6) is 0 Å². The van der Waals surface area contributed by atoms with Crippen molar-refractivity contribution in [2.24, 2.45) is 0 Å². The van der Waals surface area contributed by atoms with Crippen molar-refractivity contribution in [3.05, 3.63) is 29.0 Å². The molecule has 0 radical (unpaired) electrons. The predicted octanol–water partition coefficient (Wildman–Crippen LogP) is 3.31. The zero-order chi connectivity index (χ0) is 15.0. The van der Waals surface area contributed by atoms with E-state index in [1.165, 1.54) is 5.69 Å². The lowest BCUT2D eigenvalue weighted by molar-refractivity contribution is 0.128. The number of piperazine rings is 1. The zero-order valence-corrected chi connectivity index (χ0v) is 14.4. The maximum Gasteiger partial charge on any atom is 0.112 e. The summed E-state index contributed by atoms with van der Waals surface area (Å²) in [6.07, 6.45) is 3.72. The van der Waals surface area contributed by atoms with Gasteiger partial charge in [0.05, 0.1) is 11.2 Å². The Kier molecular flexibility index (Phi) is 3.88. The van der Waals surface area contributed by atoms with E-state index in [1.54, 1.807) is 0 Å². The lowest BCUT2D eigenvalue weighted by Gasteiger charge is -2.43. The molecule has 3 rings (SSSR count). The van der Waals surface area contributed by atoms with Gasteiger partial charge in [0.2, 0.25) is 0 Å². The summed E-state index contributed by atoms with van der Waals surface area (Å²) in [5, 5.41) is 0. The monoisotopic (exact) mass is 348 g/mol. The second-order valence-electron chi connectivity index (χ2n) is 6.50. The third-order valence-corrected chi connectivity index (χ3v) is 4.53. The van der Waals surface area contributed by atoms with Crippen LogP contribution in [0.2, 0.25) is 0 Å². The number of anilines is 1. The average Bonchev–Trinajstić information content (AvgIpc) is 2.45. The molecule has 0 aliphatic carbocycles. The number of fused-ring (bicyclic) bond motifs is 1. The molecule has 0 spiro atoms. The molecule has 0 N–H and O–H groups in total. The summed E-state index contributed by atoms with van der Waals surface area (Å²) in [6.45, 7) is 11.1. The summed E-state index contributed by atoms with van der Waals surface area (Å²) >= 11 is 3.46. The van der Waals surface area contributed by atoms with Crippen LogP contribution in [0.4, 0.5) is 5.69 Å². The minimum Gasteiger partial charge on any atom is -0.367 e. The lowest BCUT2D eigenvalue weighted by atomic mass is 10.0. The number of hydrogen-bond acceptors (Lipinski definition) is 4. The predicted molar refractivity (Wildman–Crippen MR) is 90.8 cm³/mol. The largest absolute Gasteiger partial charge is 0.367 e. The number of hydrogen-bond donors (Lipinski definition) is 0. The minimum absolute atomic E-state index is 0.246. The van der Waals surface area contributed by atoms with Gasteiger partial charge in [-0.2, -0.15) is 0 Å². The molecule has 0 bridgehead atoms. The Morgan fingerprint density at radius 1 is 1.10 bits per heavy atom. The summed E-state index contributed by atoms with van der Waals surface area (Å²) in [6, 6.07) is 4.10. The highest BCUT2D eigenvalue weighted by Crippen LogP contribution is 2.27. The van der Waals surface area contributed by atoms with Crippen molar-refractivity contribution in [1.29, 1.82) is 0 Å². The van der Waals surface area contributed by atoms with Crippen LogP contribution in [0.15, 0.2) is 29.0 Å². The van der Waals surface area contributed by atoms with Crippen molar-refractivity contribution in [3.8, 4) is 0 Å². The molecule has 5 heteroatoms. The van der Waals surface area contributed by atoms with Gasteiger partial charge in [-0.15, -0.1) is 0 Å². The van der Waals surface area contributed by atoms with E-state index in [4.69, 9.17) is 0 Å². The van der Waals surface area contributed by atoms with Gasteiger partial charge < -0.3 is 4.90 Å². The quantitative estimate of drug-likeness (QED) is 0.791. The molecule has 3 heterocycles. The Morgan fingerprint density at radius 2 is 1.81 bits per heavy atom. The topological polar surface area (TPSA) is 32.3 Å². The molecule has 2 aromatic rings. The first-order valence-electron chi connectivity index (χ1n) is 7.35. The fourth-order valence-electron chi connectivity index (χ4n) is 2.86. The summed E-state index contributed by atoms with van der Waals surface area (Å²) < 4.78 is 0.970. The Labute approximate surface area is 134 Å². The molecule has 2 aromatic heterocycles. The van der Waals surface area contributed by atoms with Crippen LogP contribution < -0.4 is 4.90 Å².